The molecule has 0 bridgehead atoms. The van der Waals surface area contributed by atoms with E-state index in [9.17, 15) is 9.59 Å². The standard InChI is InChI=1S/C25H18BrCl3N2O4/c1-2-34-22-10-15(19(26)12-23(22)35-13-14-3-4-17(28)11-20(14)29)9-21-24(32)31(25(33)30-21)18-7-5-16(27)6-8-18/h3-12H,2,13H2,1H3,(H,30,33)/b21-9+. The Bertz CT molecular complexity index is 1330. The molecule has 0 atom stereocenters. The largest absolute Gasteiger partial charge is 0.490 e. The molecule has 0 unspecified atom stereocenters. The van der Waals surface area contributed by atoms with Crippen molar-refractivity contribution in [3.63, 3.8) is 0 Å². The van der Waals surface area contributed by atoms with Crippen molar-refractivity contribution in [2.45, 2.75) is 13.5 Å². The number of urea groups is 1. The number of hydrogen-bond acceptors (Lipinski definition) is 4. The highest BCUT2D eigenvalue weighted by atomic mass is 79.9. The summed E-state index contributed by atoms with van der Waals surface area (Å²) in [6.45, 7) is 2.45. The van der Waals surface area contributed by atoms with Gasteiger partial charge in [-0.15, -0.1) is 0 Å². The molecule has 1 saturated heterocycles. The van der Waals surface area contributed by atoms with Crippen molar-refractivity contribution in [1.29, 1.82) is 0 Å². The van der Waals surface area contributed by atoms with Crippen LogP contribution in [-0.4, -0.2) is 18.5 Å². The molecule has 3 aromatic carbocycles. The van der Waals surface area contributed by atoms with E-state index in [1.807, 2.05) is 6.92 Å². The van der Waals surface area contributed by atoms with E-state index in [0.29, 0.717) is 48.9 Å². The van der Waals surface area contributed by atoms with Crippen molar-refractivity contribution >= 4 is 74.4 Å². The van der Waals surface area contributed by atoms with Gasteiger partial charge in [-0.2, -0.15) is 0 Å². The van der Waals surface area contributed by atoms with Crippen molar-refractivity contribution in [2.24, 2.45) is 0 Å². The van der Waals surface area contributed by atoms with Gasteiger partial charge in [-0.3, -0.25) is 4.79 Å². The molecule has 3 aromatic rings. The van der Waals surface area contributed by atoms with Gasteiger partial charge in [0, 0.05) is 25.1 Å². The number of rotatable bonds is 7. The fourth-order valence-corrected chi connectivity index (χ4v) is 4.38. The number of imide groups is 1. The summed E-state index contributed by atoms with van der Waals surface area (Å²) in [5, 5.41) is 4.15. The number of nitrogens with zero attached hydrogens (tertiary/aromatic N) is 1. The Kier molecular flexibility index (Phi) is 7.91. The summed E-state index contributed by atoms with van der Waals surface area (Å²) in [6, 6.07) is 14.5. The first kappa shape index (κ1) is 25.4. The number of ether oxygens (including phenoxy) is 2. The molecule has 1 heterocycles. The number of nitrogens with one attached hydrogen (secondary N) is 1. The van der Waals surface area contributed by atoms with E-state index >= 15 is 0 Å². The molecular weight excluding hydrogens is 579 g/mol. The van der Waals surface area contributed by atoms with Crippen LogP contribution in [0.1, 0.15) is 18.1 Å². The highest BCUT2D eigenvalue weighted by molar-refractivity contribution is 9.10. The minimum Gasteiger partial charge on any atom is -0.490 e. The fourth-order valence-electron chi connectivity index (χ4n) is 3.35. The molecule has 0 aromatic heterocycles. The molecule has 1 fully saturated rings. The lowest BCUT2D eigenvalue weighted by molar-refractivity contribution is -0.113. The Hall–Kier alpha value is -2.71. The Balaban J connectivity index is 1.60. The van der Waals surface area contributed by atoms with Gasteiger partial charge in [-0.1, -0.05) is 56.8 Å². The number of hydrogen-bond donors (Lipinski definition) is 1. The third kappa shape index (κ3) is 5.76. The van der Waals surface area contributed by atoms with E-state index in [4.69, 9.17) is 44.3 Å². The maximum absolute atomic E-state index is 13.0. The summed E-state index contributed by atoms with van der Waals surface area (Å²) in [5.41, 5.74) is 1.92. The second kappa shape index (κ2) is 10.9. The summed E-state index contributed by atoms with van der Waals surface area (Å²) >= 11 is 21.6. The summed E-state index contributed by atoms with van der Waals surface area (Å²) in [7, 11) is 0. The molecule has 6 nitrogen and oxygen atoms in total. The lowest BCUT2D eigenvalue weighted by atomic mass is 10.1. The minimum absolute atomic E-state index is 0.120. The molecule has 0 aliphatic carbocycles. The number of halogens is 4. The van der Waals surface area contributed by atoms with Crippen molar-refractivity contribution in [2.75, 3.05) is 11.5 Å². The summed E-state index contributed by atoms with van der Waals surface area (Å²) in [4.78, 5) is 26.5. The number of anilines is 1. The number of amides is 3. The van der Waals surface area contributed by atoms with Crippen LogP contribution in [0.3, 0.4) is 0 Å². The zero-order valence-corrected chi connectivity index (χ0v) is 22.1. The first-order chi connectivity index (χ1) is 16.8. The van der Waals surface area contributed by atoms with Crippen LogP contribution in [0, 0.1) is 0 Å². The quantitative estimate of drug-likeness (QED) is 0.227. The van der Waals surface area contributed by atoms with Crippen LogP contribution in [0.25, 0.3) is 6.08 Å². The van der Waals surface area contributed by atoms with E-state index in [1.165, 1.54) is 0 Å². The van der Waals surface area contributed by atoms with Gasteiger partial charge < -0.3 is 14.8 Å². The average molecular weight is 597 g/mol. The van der Waals surface area contributed by atoms with Gasteiger partial charge in [0.15, 0.2) is 11.5 Å². The van der Waals surface area contributed by atoms with Crippen LogP contribution in [-0.2, 0) is 11.4 Å². The Morgan fingerprint density at radius 3 is 2.31 bits per heavy atom. The monoisotopic (exact) mass is 594 g/mol. The second-order valence-corrected chi connectivity index (χ2v) is 9.52. The highest BCUT2D eigenvalue weighted by Gasteiger charge is 2.35. The molecule has 1 aliphatic heterocycles. The maximum atomic E-state index is 13.0. The molecule has 0 radical (unpaired) electrons. The van der Waals surface area contributed by atoms with Crippen molar-refractivity contribution < 1.29 is 19.1 Å². The zero-order valence-electron chi connectivity index (χ0n) is 18.3. The van der Waals surface area contributed by atoms with Gasteiger partial charge in [0.1, 0.15) is 12.3 Å². The summed E-state index contributed by atoms with van der Waals surface area (Å²) in [6.07, 6.45) is 1.57. The van der Waals surface area contributed by atoms with Gasteiger partial charge in [0.05, 0.1) is 12.3 Å². The van der Waals surface area contributed by atoms with Gasteiger partial charge in [0.2, 0.25) is 0 Å². The lowest BCUT2D eigenvalue weighted by Gasteiger charge is -2.15. The highest BCUT2D eigenvalue weighted by Crippen LogP contribution is 2.36. The number of carbonyl (C=O) groups excluding carboxylic acids is 2. The van der Waals surface area contributed by atoms with Crippen LogP contribution in [0.5, 0.6) is 11.5 Å². The van der Waals surface area contributed by atoms with Crippen LogP contribution in [0.4, 0.5) is 10.5 Å². The smallest absolute Gasteiger partial charge is 0.333 e. The molecule has 180 valence electrons. The number of carbonyl (C=O) groups is 2. The molecular formula is C25H18BrCl3N2O4. The topological polar surface area (TPSA) is 67.9 Å². The first-order valence-corrected chi connectivity index (χ1v) is 12.3. The maximum Gasteiger partial charge on any atom is 0.333 e. The molecule has 35 heavy (non-hydrogen) atoms. The van der Waals surface area contributed by atoms with Crippen LogP contribution < -0.4 is 19.7 Å². The minimum atomic E-state index is -0.551. The molecule has 4 rings (SSSR count). The number of benzene rings is 3. The Morgan fingerprint density at radius 2 is 1.63 bits per heavy atom. The summed E-state index contributed by atoms with van der Waals surface area (Å²) < 4.78 is 12.4. The zero-order chi connectivity index (χ0) is 25.1. The van der Waals surface area contributed by atoms with Crippen LogP contribution in [0.2, 0.25) is 15.1 Å². The van der Waals surface area contributed by atoms with Crippen LogP contribution in [0.15, 0.2) is 64.8 Å². The van der Waals surface area contributed by atoms with E-state index in [-0.39, 0.29) is 12.3 Å². The van der Waals surface area contributed by atoms with Crippen molar-refractivity contribution in [3.05, 3.63) is 91.0 Å². The summed E-state index contributed by atoms with van der Waals surface area (Å²) in [5.74, 6) is 0.468. The normalized spacial score (nSPS) is 14.4. The van der Waals surface area contributed by atoms with E-state index in [1.54, 1.807) is 60.7 Å². The fraction of sp³-hybridized carbons (Fsp3) is 0.120. The molecule has 3 amide bonds. The average Bonchev–Trinajstić information content (AvgIpc) is 3.09. The molecule has 0 spiro atoms. The van der Waals surface area contributed by atoms with Crippen molar-refractivity contribution in [1.82, 2.24) is 5.32 Å². The van der Waals surface area contributed by atoms with E-state index < -0.39 is 11.9 Å². The third-order valence-corrected chi connectivity index (χ3v) is 6.55. The van der Waals surface area contributed by atoms with Gasteiger partial charge in [-0.25, -0.2) is 9.69 Å². The van der Waals surface area contributed by atoms with Crippen LogP contribution >= 0.6 is 50.7 Å². The Labute approximate surface area is 225 Å². The van der Waals surface area contributed by atoms with Gasteiger partial charge >= 0.3 is 6.03 Å². The third-order valence-electron chi connectivity index (χ3n) is 5.02. The van der Waals surface area contributed by atoms with Gasteiger partial charge in [0.25, 0.3) is 5.91 Å². The molecule has 1 aliphatic rings. The molecule has 1 N–H and O–H groups in total. The van der Waals surface area contributed by atoms with E-state index in [2.05, 4.69) is 21.2 Å². The van der Waals surface area contributed by atoms with Crippen molar-refractivity contribution in [3.8, 4) is 11.5 Å². The molecule has 0 saturated carbocycles. The molecule has 10 heteroatoms. The predicted molar refractivity (Wildman–Crippen MR) is 142 cm³/mol. The Morgan fingerprint density at radius 1 is 0.943 bits per heavy atom. The SMILES string of the molecule is CCOc1cc(/C=C2/NC(=O)N(c3ccc(Cl)cc3)C2=O)c(Br)cc1OCc1ccc(Cl)cc1Cl. The predicted octanol–water partition coefficient (Wildman–Crippen LogP) is 7.48. The first-order valence-electron chi connectivity index (χ1n) is 10.4. The lowest BCUT2D eigenvalue weighted by Crippen LogP contribution is -2.30. The van der Waals surface area contributed by atoms with Gasteiger partial charge in [-0.05, 0) is 67.1 Å². The second-order valence-electron chi connectivity index (χ2n) is 7.38. The van der Waals surface area contributed by atoms with E-state index in [0.717, 1.165) is 10.5 Å².